The van der Waals surface area contributed by atoms with Crippen molar-refractivity contribution < 1.29 is 19.4 Å². The number of hydrogen-bond donors (Lipinski definition) is 3. The Morgan fingerprint density at radius 1 is 1.39 bits per heavy atom. The van der Waals surface area contributed by atoms with Crippen LogP contribution in [-0.2, 0) is 11.2 Å². The second-order valence-corrected chi connectivity index (χ2v) is 4.15. The van der Waals surface area contributed by atoms with Crippen LogP contribution < -0.4 is 20.7 Å². The lowest BCUT2D eigenvalue weighted by Crippen LogP contribution is -2.54. The fourth-order valence-corrected chi connectivity index (χ4v) is 1.59. The third kappa shape index (κ3) is 2.91. The van der Waals surface area contributed by atoms with Crippen LogP contribution in [0.3, 0.4) is 0 Å². The van der Waals surface area contributed by atoms with Crippen molar-refractivity contribution in [2.75, 3.05) is 14.2 Å². The number of rotatable bonds is 6. The van der Waals surface area contributed by atoms with Gasteiger partial charge >= 0.3 is 5.97 Å². The van der Waals surface area contributed by atoms with Gasteiger partial charge in [-0.1, -0.05) is 6.07 Å². The van der Waals surface area contributed by atoms with Crippen LogP contribution in [0, 0.1) is 0 Å². The van der Waals surface area contributed by atoms with Crippen LogP contribution in [-0.4, -0.2) is 30.8 Å². The van der Waals surface area contributed by atoms with Crippen LogP contribution in [0.5, 0.6) is 11.5 Å². The number of carbonyl (C=O) groups is 1. The zero-order chi connectivity index (χ0) is 13.8. The van der Waals surface area contributed by atoms with Crippen LogP contribution in [0.25, 0.3) is 0 Å². The molecule has 0 saturated carbocycles. The predicted octanol–water partition coefficient (Wildman–Crippen LogP) is 0.553. The summed E-state index contributed by atoms with van der Waals surface area (Å²) in [6, 6.07) is 5.24. The molecule has 0 aliphatic heterocycles. The lowest BCUT2D eigenvalue weighted by Gasteiger charge is -2.24. The highest BCUT2D eigenvalue weighted by Gasteiger charge is 2.32. The molecule has 0 bridgehead atoms. The largest absolute Gasteiger partial charge is 0.493 e. The van der Waals surface area contributed by atoms with Crippen molar-refractivity contribution in [2.24, 2.45) is 5.84 Å². The standard InChI is InChI=1S/C12H18N2O4/c1-12(14-13,11(15)16)7-8-4-5-9(17-2)10(6-8)18-3/h4-6,14H,7,13H2,1-3H3,(H,15,16)/t12-/m0/s1. The highest BCUT2D eigenvalue weighted by Crippen LogP contribution is 2.28. The fourth-order valence-electron chi connectivity index (χ4n) is 1.59. The van der Waals surface area contributed by atoms with E-state index in [1.807, 2.05) is 0 Å². The number of hydrazine groups is 1. The molecule has 6 nitrogen and oxygen atoms in total. The molecule has 0 unspecified atom stereocenters. The molecule has 100 valence electrons. The van der Waals surface area contributed by atoms with Crippen molar-refractivity contribution in [1.29, 1.82) is 0 Å². The Hall–Kier alpha value is -1.79. The molecule has 0 aliphatic carbocycles. The number of aliphatic carboxylic acids is 1. The van der Waals surface area contributed by atoms with Crippen molar-refractivity contribution in [2.45, 2.75) is 18.9 Å². The van der Waals surface area contributed by atoms with E-state index < -0.39 is 11.5 Å². The summed E-state index contributed by atoms with van der Waals surface area (Å²) in [5, 5.41) is 9.12. The van der Waals surface area contributed by atoms with E-state index in [1.165, 1.54) is 14.0 Å². The van der Waals surface area contributed by atoms with Gasteiger partial charge in [0.25, 0.3) is 0 Å². The molecule has 0 aliphatic rings. The van der Waals surface area contributed by atoms with Gasteiger partial charge in [-0.05, 0) is 24.6 Å². The van der Waals surface area contributed by atoms with E-state index in [0.29, 0.717) is 11.5 Å². The van der Waals surface area contributed by atoms with Gasteiger partial charge in [-0.2, -0.15) is 0 Å². The summed E-state index contributed by atoms with van der Waals surface area (Å²) < 4.78 is 10.3. The van der Waals surface area contributed by atoms with Crippen LogP contribution in [0.2, 0.25) is 0 Å². The van der Waals surface area contributed by atoms with Crippen molar-refractivity contribution in [3.63, 3.8) is 0 Å². The number of nitrogens with two attached hydrogens (primary N) is 1. The number of ether oxygens (including phenoxy) is 2. The SMILES string of the molecule is COc1ccc(C[C@](C)(NN)C(=O)O)cc1OC. The van der Waals surface area contributed by atoms with Crippen LogP contribution >= 0.6 is 0 Å². The molecule has 0 saturated heterocycles. The molecule has 0 radical (unpaired) electrons. The lowest BCUT2D eigenvalue weighted by molar-refractivity contribution is -0.144. The highest BCUT2D eigenvalue weighted by atomic mass is 16.5. The van der Waals surface area contributed by atoms with Crippen molar-refractivity contribution in [1.82, 2.24) is 5.43 Å². The molecule has 0 spiro atoms. The first-order valence-electron chi connectivity index (χ1n) is 5.39. The number of hydrogen-bond acceptors (Lipinski definition) is 5. The average Bonchev–Trinajstić information content (AvgIpc) is 2.38. The minimum atomic E-state index is -1.22. The molecule has 1 atom stereocenters. The molecule has 1 aromatic rings. The molecular weight excluding hydrogens is 236 g/mol. The lowest BCUT2D eigenvalue weighted by atomic mass is 9.93. The minimum absolute atomic E-state index is 0.235. The summed E-state index contributed by atoms with van der Waals surface area (Å²) in [7, 11) is 3.07. The molecule has 0 heterocycles. The van der Waals surface area contributed by atoms with E-state index in [0.717, 1.165) is 5.56 Å². The summed E-state index contributed by atoms with van der Waals surface area (Å²) in [5.41, 5.74) is 1.89. The second kappa shape index (κ2) is 5.70. The zero-order valence-electron chi connectivity index (χ0n) is 10.7. The molecule has 1 rings (SSSR count). The molecule has 1 aromatic carbocycles. The van der Waals surface area contributed by atoms with Gasteiger partial charge in [0.1, 0.15) is 5.54 Å². The van der Waals surface area contributed by atoms with Gasteiger partial charge in [-0.25, -0.2) is 5.43 Å². The fraction of sp³-hybridized carbons (Fsp3) is 0.417. The normalized spacial score (nSPS) is 13.8. The van der Waals surface area contributed by atoms with E-state index in [1.54, 1.807) is 25.3 Å². The monoisotopic (exact) mass is 254 g/mol. The Morgan fingerprint density at radius 3 is 2.44 bits per heavy atom. The Labute approximate surface area is 106 Å². The van der Waals surface area contributed by atoms with Crippen LogP contribution in [0.1, 0.15) is 12.5 Å². The van der Waals surface area contributed by atoms with Gasteiger partial charge in [0.2, 0.25) is 0 Å². The highest BCUT2D eigenvalue weighted by molar-refractivity contribution is 5.78. The first-order valence-corrected chi connectivity index (χ1v) is 5.39. The number of benzene rings is 1. The second-order valence-electron chi connectivity index (χ2n) is 4.15. The Balaban J connectivity index is 3.01. The maximum atomic E-state index is 11.1. The van der Waals surface area contributed by atoms with E-state index in [2.05, 4.69) is 5.43 Å². The van der Waals surface area contributed by atoms with E-state index >= 15 is 0 Å². The number of methoxy groups -OCH3 is 2. The minimum Gasteiger partial charge on any atom is -0.493 e. The smallest absolute Gasteiger partial charge is 0.325 e. The molecule has 4 N–H and O–H groups in total. The van der Waals surface area contributed by atoms with E-state index in [-0.39, 0.29) is 6.42 Å². The Bertz CT molecular complexity index is 436. The quantitative estimate of drug-likeness (QED) is 0.507. The third-order valence-corrected chi connectivity index (χ3v) is 2.80. The third-order valence-electron chi connectivity index (χ3n) is 2.80. The average molecular weight is 254 g/mol. The zero-order valence-corrected chi connectivity index (χ0v) is 10.7. The van der Waals surface area contributed by atoms with Crippen molar-refractivity contribution in [3.05, 3.63) is 23.8 Å². The molecule has 18 heavy (non-hydrogen) atoms. The van der Waals surface area contributed by atoms with Crippen molar-refractivity contribution >= 4 is 5.97 Å². The Morgan fingerprint density at radius 2 is 2.00 bits per heavy atom. The van der Waals surface area contributed by atoms with Gasteiger partial charge in [0.15, 0.2) is 11.5 Å². The van der Waals surface area contributed by atoms with Gasteiger partial charge in [0, 0.05) is 6.42 Å². The summed E-state index contributed by atoms with van der Waals surface area (Å²) >= 11 is 0. The van der Waals surface area contributed by atoms with Gasteiger partial charge < -0.3 is 14.6 Å². The topological polar surface area (TPSA) is 93.8 Å². The summed E-state index contributed by atoms with van der Waals surface area (Å²) in [6.45, 7) is 1.52. The molecule has 0 aromatic heterocycles. The van der Waals surface area contributed by atoms with Gasteiger partial charge in [0.05, 0.1) is 14.2 Å². The summed E-state index contributed by atoms with van der Waals surface area (Å²) in [6.07, 6.45) is 0.235. The first kappa shape index (κ1) is 14.3. The molecule has 0 amide bonds. The van der Waals surface area contributed by atoms with Crippen LogP contribution in [0.4, 0.5) is 0 Å². The maximum absolute atomic E-state index is 11.1. The van der Waals surface area contributed by atoms with Gasteiger partial charge in [-0.15, -0.1) is 0 Å². The van der Waals surface area contributed by atoms with Gasteiger partial charge in [-0.3, -0.25) is 10.6 Å². The maximum Gasteiger partial charge on any atom is 0.325 e. The van der Waals surface area contributed by atoms with E-state index in [4.69, 9.17) is 20.4 Å². The number of carboxylic acids is 1. The predicted molar refractivity (Wildman–Crippen MR) is 66.6 cm³/mol. The number of nitrogens with one attached hydrogen (secondary N) is 1. The van der Waals surface area contributed by atoms with E-state index in [9.17, 15) is 4.79 Å². The van der Waals surface area contributed by atoms with Crippen molar-refractivity contribution in [3.8, 4) is 11.5 Å². The first-order chi connectivity index (χ1) is 8.46. The Kier molecular flexibility index (Phi) is 4.52. The van der Waals surface area contributed by atoms with Crippen LogP contribution in [0.15, 0.2) is 18.2 Å². The number of carboxylic acid groups (broad SMARTS) is 1. The summed E-state index contributed by atoms with van der Waals surface area (Å²) in [5.74, 6) is 5.43. The molecule has 0 fully saturated rings. The molecule has 6 heteroatoms. The summed E-state index contributed by atoms with van der Waals surface area (Å²) in [4.78, 5) is 11.1. The molecular formula is C12H18N2O4.